The van der Waals surface area contributed by atoms with Gasteiger partial charge >= 0.3 is 0 Å². The van der Waals surface area contributed by atoms with E-state index in [9.17, 15) is 19.2 Å². The number of nitrogens with zero attached hydrogens (tertiary/aromatic N) is 1. The maximum Gasteiger partial charge on any atom is 0.268 e. The van der Waals surface area contributed by atoms with Crippen molar-refractivity contribution in [3.05, 3.63) is 107 Å². The standard InChI is InChI=1S/C26H21NO4/c28-23(16-15-18-9-3-1-4-10-18)22(17-19-11-5-2-6-12-19)26(31)27-24(29)20-13-7-8-14-21(20)25(27)30/h1-14,22H,15-17H2. The van der Waals surface area contributed by atoms with Crippen molar-refractivity contribution in [2.45, 2.75) is 19.3 Å². The molecule has 31 heavy (non-hydrogen) atoms. The highest BCUT2D eigenvalue weighted by molar-refractivity contribution is 6.30. The Labute approximate surface area is 180 Å². The molecule has 3 aromatic carbocycles. The lowest BCUT2D eigenvalue weighted by atomic mass is 9.90. The van der Waals surface area contributed by atoms with E-state index >= 15 is 0 Å². The predicted octanol–water partition coefficient (Wildman–Crippen LogP) is 3.87. The molecule has 154 valence electrons. The lowest BCUT2D eigenvalue weighted by Gasteiger charge is -2.20. The van der Waals surface area contributed by atoms with Crippen LogP contribution in [0.25, 0.3) is 0 Å². The molecule has 0 bridgehead atoms. The van der Waals surface area contributed by atoms with Gasteiger partial charge in [-0.1, -0.05) is 72.8 Å². The van der Waals surface area contributed by atoms with E-state index in [1.807, 2.05) is 60.7 Å². The minimum Gasteiger partial charge on any atom is -0.299 e. The van der Waals surface area contributed by atoms with Crippen molar-refractivity contribution in [2.24, 2.45) is 5.92 Å². The van der Waals surface area contributed by atoms with Gasteiger partial charge in [-0.15, -0.1) is 0 Å². The largest absolute Gasteiger partial charge is 0.299 e. The molecule has 5 heteroatoms. The van der Waals surface area contributed by atoms with E-state index in [-0.39, 0.29) is 29.8 Å². The van der Waals surface area contributed by atoms with Crippen LogP contribution in [0, 0.1) is 5.92 Å². The topological polar surface area (TPSA) is 71.5 Å². The Bertz CT molecular complexity index is 1100. The monoisotopic (exact) mass is 411 g/mol. The average Bonchev–Trinajstić information content (AvgIpc) is 3.07. The number of benzene rings is 3. The summed E-state index contributed by atoms with van der Waals surface area (Å²) in [6.07, 6.45) is 0.775. The number of aryl methyl sites for hydroxylation is 1. The zero-order chi connectivity index (χ0) is 21.8. The van der Waals surface area contributed by atoms with Gasteiger partial charge in [0, 0.05) is 6.42 Å². The molecule has 1 unspecified atom stereocenters. The van der Waals surface area contributed by atoms with Crippen LogP contribution in [0.2, 0.25) is 0 Å². The van der Waals surface area contributed by atoms with Crippen LogP contribution in [-0.2, 0) is 22.4 Å². The normalized spacial score (nSPS) is 13.7. The molecule has 0 fully saturated rings. The molecule has 1 atom stereocenters. The number of hydrogen-bond acceptors (Lipinski definition) is 4. The Morgan fingerprint density at radius 2 is 1.16 bits per heavy atom. The van der Waals surface area contributed by atoms with Crippen molar-refractivity contribution < 1.29 is 19.2 Å². The first-order valence-electron chi connectivity index (χ1n) is 10.2. The SMILES string of the molecule is O=C(CCc1ccccc1)C(Cc1ccccc1)C(=O)N1C(=O)c2ccccc2C1=O. The summed E-state index contributed by atoms with van der Waals surface area (Å²) < 4.78 is 0. The second-order valence-electron chi connectivity index (χ2n) is 7.52. The summed E-state index contributed by atoms with van der Waals surface area (Å²) >= 11 is 0. The zero-order valence-electron chi connectivity index (χ0n) is 16.9. The van der Waals surface area contributed by atoms with E-state index in [0.717, 1.165) is 11.1 Å². The first kappa shape index (κ1) is 20.4. The Hall–Kier alpha value is -3.86. The average molecular weight is 411 g/mol. The second-order valence-corrected chi connectivity index (χ2v) is 7.52. The maximum absolute atomic E-state index is 13.4. The van der Waals surface area contributed by atoms with Gasteiger partial charge in [0.15, 0.2) is 0 Å². The van der Waals surface area contributed by atoms with Crippen LogP contribution in [0.3, 0.4) is 0 Å². The minimum atomic E-state index is -1.10. The molecule has 0 aromatic heterocycles. The number of carbonyl (C=O) groups excluding carboxylic acids is 4. The fourth-order valence-electron chi connectivity index (χ4n) is 3.82. The number of amides is 3. The van der Waals surface area contributed by atoms with Crippen LogP contribution >= 0.6 is 0 Å². The Morgan fingerprint density at radius 1 is 0.677 bits per heavy atom. The molecule has 4 rings (SSSR count). The van der Waals surface area contributed by atoms with Crippen molar-refractivity contribution in [2.75, 3.05) is 0 Å². The van der Waals surface area contributed by atoms with Gasteiger partial charge in [-0.3, -0.25) is 19.2 Å². The van der Waals surface area contributed by atoms with Gasteiger partial charge < -0.3 is 0 Å². The third kappa shape index (κ3) is 4.21. The molecule has 5 nitrogen and oxygen atoms in total. The molecule has 0 radical (unpaired) electrons. The number of imide groups is 3. The molecule has 3 amide bonds. The molecule has 0 saturated heterocycles. The van der Waals surface area contributed by atoms with Crippen LogP contribution in [0.4, 0.5) is 0 Å². The zero-order valence-corrected chi connectivity index (χ0v) is 16.9. The van der Waals surface area contributed by atoms with E-state index in [4.69, 9.17) is 0 Å². The van der Waals surface area contributed by atoms with Gasteiger partial charge in [0.05, 0.1) is 11.1 Å². The maximum atomic E-state index is 13.4. The van der Waals surface area contributed by atoms with Gasteiger partial charge in [0.25, 0.3) is 11.8 Å². The highest BCUT2D eigenvalue weighted by atomic mass is 16.2. The first-order valence-corrected chi connectivity index (χ1v) is 10.2. The fourth-order valence-corrected chi connectivity index (χ4v) is 3.82. The Kier molecular flexibility index (Phi) is 5.85. The quantitative estimate of drug-likeness (QED) is 0.437. The summed E-state index contributed by atoms with van der Waals surface area (Å²) in [6, 6.07) is 25.0. The van der Waals surface area contributed by atoms with Crippen molar-refractivity contribution in [3.63, 3.8) is 0 Å². The summed E-state index contributed by atoms with van der Waals surface area (Å²) in [5, 5.41) is 0. The van der Waals surface area contributed by atoms with Gasteiger partial charge in [-0.25, -0.2) is 4.90 Å². The molecule has 1 heterocycles. The lowest BCUT2D eigenvalue weighted by molar-refractivity contribution is -0.137. The summed E-state index contributed by atoms with van der Waals surface area (Å²) in [4.78, 5) is 52.7. The second kappa shape index (κ2) is 8.88. The van der Waals surface area contributed by atoms with E-state index in [2.05, 4.69) is 0 Å². The molecule has 0 N–H and O–H groups in total. The van der Waals surface area contributed by atoms with Crippen LogP contribution in [0.1, 0.15) is 38.3 Å². The number of carbonyl (C=O) groups is 4. The molecule has 1 aliphatic rings. The molecule has 0 spiro atoms. The summed E-state index contributed by atoms with van der Waals surface area (Å²) in [7, 11) is 0. The van der Waals surface area contributed by atoms with Crippen LogP contribution < -0.4 is 0 Å². The molecule has 1 aliphatic heterocycles. The molecular formula is C26H21NO4. The van der Waals surface area contributed by atoms with Gasteiger partial charge in [-0.05, 0) is 36.1 Å². The highest BCUT2D eigenvalue weighted by Gasteiger charge is 2.43. The van der Waals surface area contributed by atoms with Gasteiger partial charge in [0.1, 0.15) is 11.7 Å². The summed E-state index contributed by atoms with van der Waals surface area (Å²) in [5.41, 5.74) is 2.17. The molecule has 3 aromatic rings. The number of Topliss-reactive ketones (excluding diaryl/α,β-unsaturated/α-hetero) is 1. The fraction of sp³-hybridized carbons (Fsp3) is 0.154. The van der Waals surface area contributed by atoms with Crippen molar-refractivity contribution in [1.29, 1.82) is 0 Å². The minimum absolute atomic E-state index is 0.140. The summed E-state index contributed by atoms with van der Waals surface area (Å²) in [5.74, 6) is -3.48. The number of rotatable bonds is 7. The first-order chi connectivity index (χ1) is 15.1. The molecule has 0 aliphatic carbocycles. The number of fused-ring (bicyclic) bond motifs is 1. The summed E-state index contributed by atoms with van der Waals surface area (Å²) in [6.45, 7) is 0. The van der Waals surface area contributed by atoms with Crippen molar-refractivity contribution in [1.82, 2.24) is 4.90 Å². The number of hydrogen-bond donors (Lipinski definition) is 0. The lowest BCUT2D eigenvalue weighted by Crippen LogP contribution is -2.43. The van der Waals surface area contributed by atoms with Crippen molar-refractivity contribution in [3.8, 4) is 0 Å². The van der Waals surface area contributed by atoms with Gasteiger partial charge in [0.2, 0.25) is 5.91 Å². The highest BCUT2D eigenvalue weighted by Crippen LogP contribution is 2.26. The van der Waals surface area contributed by atoms with E-state index < -0.39 is 23.6 Å². The van der Waals surface area contributed by atoms with E-state index in [0.29, 0.717) is 11.3 Å². The van der Waals surface area contributed by atoms with E-state index in [1.54, 1.807) is 12.1 Å². The Morgan fingerprint density at radius 3 is 1.71 bits per heavy atom. The molecule has 0 saturated carbocycles. The van der Waals surface area contributed by atoms with Crippen LogP contribution in [-0.4, -0.2) is 28.4 Å². The Balaban J connectivity index is 1.59. The number of ketones is 1. The van der Waals surface area contributed by atoms with E-state index in [1.165, 1.54) is 12.1 Å². The third-order valence-electron chi connectivity index (χ3n) is 5.49. The predicted molar refractivity (Wildman–Crippen MR) is 115 cm³/mol. The van der Waals surface area contributed by atoms with Gasteiger partial charge in [-0.2, -0.15) is 0 Å². The smallest absolute Gasteiger partial charge is 0.268 e. The molecular weight excluding hydrogens is 390 g/mol. The van der Waals surface area contributed by atoms with Crippen molar-refractivity contribution >= 4 is 23.5 Å². The van der Waals surface area contributed by atoms with Crippen LogP contribution in [0.5, 0.6) is 0 Å². The van der Waals surface area contributed by atoms with Crippen LogP contribution in [0.15, 0.2) is 84.9 Å². The third-order valence-corrected chi connectivity index (χ3v) is 5.49.